The summed E-state index contributed by atoms with van der Waals surface area (Å²) < 4.78 is 11.5. The fraction of sp³-hybridized carbons (Fsp3) is 0.481. The molecule has 1 fully saturated rings. The second kappa shape index (κ2) is 13.7. The van der Waals surface area contributed by atoms with Gasteiger partial charge in [-0.25, -0.2) is 4.98 Å². The average Bonchev–Trinajstić information content (AvgIpc) is 2.87. The maximum Gasteiger partial charge on any atom is 0.531 e. The molecule has 1 aromatic heterocycles. The topological polar surface area (TPSA) is 115 Å². The van der Waals surface area contributed by atoms with Crippen molar-refractivity contribution in [1.29, 1.82) is 0 Å². The van der Waals surface area contributed by atoms with E-state index in [0.29, 0.717) is 18.7 Å². The smallest absolute Gasteiger partial charge is 0.509 e. The summed E-state index contributed by atoms with van der Waals surface area (Å²) in [5, 5.41) is 13.2. The third kappa shape index (κ3) is 8.69. The molecule has 2 heterocycles. The molecular weight excluding hydrogens is 491 g/mol. The lowest BCUT2D eigenvalue weighted by molar-refractivity contribution is -0.133. The maximum atomic E-state index is 13.4. The normalized spacial score (nSPS) is 18.8. The number of carbonyl (C=O) groups excluding carboxylic acids is 3. The van der Waals surface area contributed by atoms with Gasteiger partial charge < -0.3 is 19.7 Å². The van der Waals surface area contributed by atoms with Crippen LogP contribution in [0.15, 0.2) is 48.5 Å². The lowest BCUT2D eigenvalue weighted by Crippen LogP contribution is -2.49. The van der Waals surface area contributed by atoms with Crippen molar-refractivity contribution in [1.82, 2.24) is 10.3 Å². The molecule has 8 nitrogen and oxygen atoms in total. The molecule has 3 rings (SSSR count). The highest BCUT2D eigenvalue weighted by atomic mass is 32.2. The summed E-state index contributed by atoms with van der Waals surface area (Å²) in [7, 11) is -0.864. The molecule has 0 saturated carbocycles. The monoisotopic (exact) mass is 526 g/mol. The lowest BCUT2D eigenvalue weighted by Gasteiger charge is -2.29. The van der Waals surface area contributed by atoms with Crippen LogP contribution in [0.1, 0.15) is 51.0 Å². The molecule has 2 aromatic rings. The molecule has 1 aromatic carbocycles. The number of Topliss-reactive ketones (excluding diaryl/α,β-unsaturated/α-hetero) is 1. The Morgan fingerprint density at radius 3 is 2.57 bits per heavy atom. The molecule has 4 atom stereocenters. The van der Waals surface area contributed by atoms with Crippen molar-refractivity contribution in [2.24, 2.45) is 5.92 Å². The molecule has 0 aliphatic carbocycles. The van der Waals surface area contributed by atoms with Crippen molar-refractivity contribution in [3.8, 4) is 11.3 Å². The van der Waals surface area contributed by atoms with E-state index < -0.39 is 31.0 Å². The number of aliphatic hydroxyl groups excluding tert-OH is 1. The summed E-state index contributed by atoms with van der Waals surface area (Å²) in [5.74, 6) is -1.28. The van der Waals surface area contributed by atoms with Gasteiger partial charge in [0.25, 0.3) is 11.9 Å². The summed E-state index contributed by atoms with van der Waals surface area (Å²) in [6.07, 6.45) is -0.581. The molecule has 1 aliphatic rings. The number of amides is 1. The van der Waals surface area contributed by atoms with Crippen LogP contribution in [0.5, 0.6) is 0 Å². The van der Waals surface area contributed by atoms with Crippen LogP contribution in [-0.4, -0.2) is 64.6 Å². The Hall–Kier alpha value is -2.69. The van der Waals surface area contributed by atoms with E-state index >= 15 is 0 Å². The summed E-state index contributed by atoms with van der Waals surface area (Å²) in [4.78, 5) is 43.1. The predicted octanol–water partition coefficient (Wildman–Crippen LogP) is 3.79. The number of aromatic nitrogens is 1. The summed E-state index contributed by atoms with van der Waals surface area (Å²) in [5.41, 5.74) is 1.63. The third-order valence-corrected chi connectivity index (χ3v) is 7.13. The highest BCUT2D eigenvalue weighted by Crippen LogP contribution is 2.30. The van der Waals surface area contributed by atoms with Crippen LogP contribution in [0.4, 0.5) is 0 Å². The first-order valence-corrected chi connectivity index (χ1v) is 13.7. The van der Waals surface area contributed by atoms with Crippen molar-refractivity contribution < 1.29 is 28.8 Å². The van der Waals surface area contributed by atoms with Gasteiger partial charge in [-0.3, -0.25) is 14.4 Å². The lowest BCUT2D eigenvalue weighted by atomic mass is 9.65. The van der Waals surface area contributed by atoms with Crippen LogP contribution >= 0.6 is 11.8 Å². The molecule has 1 aliphatic heterocycles. The van der Waals surface area contributed by atoms with Crippen molar-refractivity contribution in [3.05, 3.63) is 54.2 Å². The van der Waals surface area contributed by atoms with Gasteiger partial charge >= 0.3 is 7.12 Å². The van der Waals surface area contributed by atoms with E-state index in [1.54, 1.807) is 18.2 Å². The van der Waals surface area contributed by atoms with E-state index in [1.165, 1.54) is 18.7 Å². The Balaban J connectivity index is 1.74. The van der Waals surface area contributed by atoms with Crippen LogP contribution in [0.2, 0.25) is 5.82 Å². The molecule has 10 heteroatoms. The molecule has 0 radical (unpaired) electrons. The van der Waals surface area contributed by atoms with Crippen molar-refractivity contribution in [2.75, 3.05) is 12.4 Å². The van der Waals surface area contributed by atoms with Crippen molar-refractivity contribution in [3.63, 3.8) is 0 Å². The molecule has 198 valence electrons. The van der Waals surface area contributed by atoms with E-state index in [2.05, 4.69) is 10.3 Å². The molecular formula is C27H35BN2O6S. The van der Waals surface area contributed by atoms with Gasteiger partial charge in [0.2, 0.25) is 0 Å². The van der Waals surface area contributed by atoms with Crippen LogP contribution in [-0.2, 0) is 18.9 Å². The number of nitrogens with one attached hydrogen (secondary N) is 1. The summed E-state index contributed by atoms with van der Waals surface area (Å²) in [6, 6.07) is 13.4. The Morgan fingerprint density at radius 1 is 1.16 bits per heavy atom. The fourth-order valence-corrected chi connectivity index (χ4v) is 4.88. The molecule has 1 amide bonds. The van der Waals surface area contributed by atoms with Crippen LogP contribution in [0, 0.1) is 5.92 Å². The Morgan fingerprint density at radius 2 is 1.89 bits per heavy atom. The number of thioether (sulfide) groups is 1. The average molecular weight is 526 g/mol. The van der Waals surface area contributed by atoms with Crippen LogP contribution in [0.3, 0.4) is 0 Å². The number of nitrogens with zero attached hydrogens (tertiary/aromatic N) is 1. The maximum absolute atomic E-state index is 13.4. The fourth-order valence-electron chi connectivity index (χ4n) is 4.22. The van der Waals surface area contributed by atoms with Gasteiger partial charge in [0, 0.05) is 29.7 Å². The third-order valence-electron chi connectivity index (χ3n) is 6.02. The van der Waals surface area contributed by atoms with E-state index in [4.69, 9.17) is 9.31 Å². The van der Waals surface area contributed by atoms with E-state index in [1.807, 2.05) is 51.1 Å². The number of pyridine rings is 1. The SMILES string of the molecule is CC(C)C[C@H](CC(=O)[C@@H](NC(=O)c1cccc(-c2ccccc2)n1)[C@@H](C)O)B1OC[C@@H](C)SCC(=O)O1. The molecule has 1 saturated heterocycles. The first kappa shape index (κ1) is 28.9. The second-order valence-corrected chi connectivity index (χ2v) is 11.3. The number of hydrogen-bond donors (Lipinski definition) is 2. The van der Waals surface area contributed by atoms with E-state index in [9.17, 15) is 19.5 Å². The highest BCUT2D eigenvalue weighted by Gasteiger charge is 2.39. The van der Waals surface area contributed by atoms with Gasteiger partial charge in [-0.1, -0.05) is 57.2 Å². The van der Waals surface area contributed by atoms with Gasteiger partial charge in [-0.2, -0.15) is 0 Å². The number of benzene rings is 1. The minimum Gasteiger partial charge on any atom is -0.509 e. The van der Waals surface area contributed by atoms with Crippen LogP contribution in [0.25, 0.3) is 11.3 Å². The zero-order valence-electron chi connectivity index (χ0n) is 21.8. The summed E-state index contributed by atoms with van der Waals surface area (Å²) >= 11 is 1.46. The molecule has 37 heavy (non-hydrogen) atoms. The van der Waals surface area contributed by atoms with Gasteiger partial charge in [-0.15, -0.1) is 11.8 Å². The highest BCUT2D eigenvalue weighted by molar-refractivity contribution is 8.00. The zero-order chi connectivity index (χ0) is 26.9. The zero-order valence-corrected chi connectivity index (χ0v) is 22.6. The molecule has 0 unspecified atom stereocenters. The standard InChI is InChI=1S/C27H35BN2O6S/c1-17(2)13-21(28-35-15-18(3)37-16-25(33)36-28)14-24(32)26(19(4)31)30-27(34)23-12-8-11-22(29-23)20-9-6-5-7-10-20/h5-12,17-19,21,26,31H,13-16H2,1-4H3,(H,30,34)/t18-,19-,21-,26+/m1/s1. The Kier molecular flexibility index (Phi) is 10.7. The van der Waals surface area contributed by atoms with Crippen molar-refractivity contribution >= 4 is 36.5 Å². The number of hydrogen-bond acceptors (Lipinski definition) is 8. The van der Waals surface area contributed by atoms with Gasteiger partial charge in [-0.05, 0) is 31.4 Å². The van der Waals surface area contributed by atoms with E-state index in [-0.39, 0.29) is 40.8 Å². The van der Waals surface area contributed by atoms with Gasteiger partial charge in [0.1, 0.15) is 11.7 Å². The largest absolute Gasteiger partial charge is 0.531 e. The number of rotatable bonds is 10. The Labute approximate surface area is 223 Å². The minimum atomic E-state index is -1.15. The predicted molar refractivity (Wildman–Crippen MR) is 145 cm³/mol. The number of ketones is 1. The van der Waals surface area contributed by atoms with E-state index in [0.717, 1.165) is 5.56 Å². The number of carbonyl (C=O) groups is 3. The van der Waals surface area contributed by atoms with Gasteiger partial charge in [0.05, 0.1) is 17.6 Å². The van der Waals surface area contributed by atoms with Crippen molar-refractivity contribution in [2.45, 2.75) is 63.7 Å². The summed E-state index contributed by atoms with van der Waals surface area (Å²) in [6.45, 7) is 7.85. The first-order valence-electron chi connectivity index (χ1n) is 12.6. The molecule has 2 N–H and O–H groups in total. The Bertz CT molecular complexity index is 1070. The van der Waals surface area contributed by atoms with Crippen LogP contribution < -0.4 is 5.32 Å². The molecule has 0 spiro atoms. The quantitative estimate of drug-likeness (QED) is 0.450. The van der Waals surface area contributed by atoms with Gasteiger partial charge in [0.15, 0.2) is 5.78 Å². The molecule has 0 bridgehead atoms. The second-order valence-electron chi connectivity index (χ2n) is 9.84. The minimum absolute atomic E-state index is 0.0228. The first-order chi connectivity index (χ1) is 17.6. The number of aliphatic hydroxyl groups is 1.